The molecule has 0 bridgehead atoms. The van der Waals surface area contributed by atoms with Gasteiger partial charge in [0.2, 0.25) is 0 Å². The number of benzene rings is 2. The summed E-state index contributed by atoms with van der Waals surface area (Å²) >= 11 is 12.2. The van der Waals surface area contributed by atoms with Crippen LogP contribution < -0.4 is 5.32 Å². The van der Waals surface area contributed by atoms with Crippen LogP contribution in [0.3, 0.4) is 0 Å². The first-order valence-corrected chi connectivity index (χ1v) is 8.44. The molecule has 2 heterocycles. The predicted octanol–water partition coefficient (Wildman–Crippen LogP) is 4.73. The highest BCUT2D eigenvalue weighted by Gasteiger charge is 2.24. The van der Waals surface area contributed by atoms with Crippen LogP contribution in [0.25, 0.3) is 11.6 Å². The second-order valence-electron chi connectivity index (χ2n) is 5.76. The van der Waals surface area contributed by atoms with Crippen LogP contribution in [0.15, 0.2) is 54.9 Å². The van der Waals surface area contributed by atoms with Gasteiger partial charge in [0.05, 0.1) is 18.4 Å². The predicted molar refractivity (Wildman–Crippen MR) is 101 cm³/mol. The summed E-state index contributed by atoms with van der Waals surface area (Å²) in [6, 6.07) is 13.0. The molecule has 1 amide bonds. The zero-order chi connectivity index (χ0) is 17.4. The van der Waals surface area contributed by atoms with Crippen LogP contribution in [-0.4, -0.2) is 15.7 Å². The molecule has 0 atom stereocenters. The van der Waals surface area contributed by atoms with Gasteiger partial charge in [0.25, 0.3) is 5.91 Å². The zero-order valence-electron chi connectivity index (χ0n) is 13.0. The number of hydrogen-bond donors (Lipinski definition) is 1. The second kappa shape index (κ2) is 6.39. The van der Waals surface area contributed by atoms with Crippen LogP contribution in [0, 0.1) is 0 Å². The Morgan fingerprint density at radius 3 is 2.84 bits per heavy atom. The smallest absolute Gasteiger partial charge is 0.256 e. The van der Waals surface area contributed by atoms with Crippen LogP contribution in [0.4, 0.5) is 5.69 Å². The summed E-state index contributed by atoms with van der Waals surface area (Å²) in [5.74, 6) is -0.142. The minimum Gasteiger partial charge on any atom is -0.321 e. The van der Waals surface area contributed by atoms with E-state index in [0.717, 1.165) is 22.4 Å². The van der Waals surface area contributed by atoms with E-state index in [1.54, 1.807) is 23.0 Å². The molecule has 4 nitrogen and oxygen atoms in total. The lowest BCUT2D eigenvalue weighted by atomic mass is 10.1. The summed E-state index contributed by atoms with van der Waals surface area (Å²) in [5.41, 5.74) is 4.01. The standard InChI is InChI=1S/C19H13Cl2N3O/c20-14-5-6-15-16(19(25)23-18(15)8-14)7-12-9-22-24(10-12)11-13-3-1-2-4-17(13)21/h1-10H,11H2,(H,23,25). The maximum atomic E-state index is 12.2. The topological polar surface area (TPSA) is 46.9 Å². The van der Waals surface area contributed by atoms with Crippen LogP contribution in [0.5, 0.6) is 0 Å². The molecule has 1 aliphatic heterocycles. The molecule has 0 saturated heterocycles. The quantitative estimate of drug-likeness (QED) is 0.678. The highest BCUT2D eigenvalue weighted by atomic mass is 35.5. The minimum atomic E-state index is -0.142. The third-order valence-electron chi connectivity index (χ3n) is 4.02. The molecule has 0 fully saturated rings. The molecule has 1 aromatic heterocycles. The summed E-state index contributed by atoms with van der Waals surface area (Å²) in [7, 11) is 0. The number of halogens is 2. The van der Waals surface area contributed by atoms with Crippen molar-refractivity contribution in [2.45, 2.75) is 6.54 Å². The minimum absolute atomic E-state index is 0.142. The van der Waals surface area contributed by atoms with Gasteiger partial charge in [0.1, 0.15) is 0 Å². The van der Waals surface area contributed by atoms with Crippen molar-refractivity contribution < 1.29 is 4.79 Å². The Bertz CT molecular complexity index is 1010. The van der Waals surface area contributed by atoms with Crippen molar-refractivity contribution in [1.82, 2.24) is 9.78 Å². The van der Waals surface area contributed by atoms with Gasteiger partial charge in [-0.25, -0.2) is 0 Å². The molecule has 1 N–H and O–H groups in total. The highest BCUT2D eigenvalue weighted by molar-refractivity contribution is 6.36. The van der Waals surface area contributed by atoms with Crippen LogP contribution in [0.1, 0.15) is 16.7 Å². The number of nitrogens with one attached hydrogen (secondary N) is 1. The average molecular weight is 370 g/mol. The summed E-state index contributed by atoms with van der Waals surface area (Å²) in [4.78, 5) is 12.2. The van der Waals surface area contributed by atoms with Crippen molar-refractivity contribution in [2.24, 2.45) is 0 Å². The van der Waals surface area contributed by atoms with Gasteiger partial charge in [0, 0.05) is 32.9 Å². The monoisotopic (exact) mass is 369 g/mol. The highest BCUT2D eigenvalue weighted by Crippen LogP contribution is 2.34. The molecule has 1 aliphatic rings. The van der Waals surface area contributed by atoms with Crippen molar-refractivity contribution in [2.75, 3.05) is 5.32 Å². The Morgan fingerprint density at radius 2 is 2.00 bits per heavy atom. The molecule has 0 spiro atoms. The fourth-order valence-electron chi connectivity index (χ4n) is 2.82. The first-order valence-electron chi connectivity index (χ1n) is 7.69. The fourth-order valence-corrected chi connectivity index (χ4v) is 3.19. The average Bonchev–Trinajstić information content (AvgIpc) is 3.14. The summed E-state index contributed by atoms with van der Waals surface area (Å²) in [6.07, 6.45) is 5.44. The fraction of sp³-hybridized carbons (Fsp3) is 0.0526. The van der Waals surface area contributed by atoms with Crippen molar-refractivity contribution in [3.63, 3.8) is 0 Å². The van der Waals surface area contributed by atoms with Crippen LogP contribution in [-0.2, 0) is 11.3 Å². The van der Waals surface area contributed by atoms with Gasteiger partial charge in [-0.15, -0.1) is 0 Å². The number of amides is 1. The molecule has 25 heavy (non-hydrogen) atoms. The summed E-state index contributed by atoms with van der Waals surface area (Å²) in [5, 5.41) is 8.47. The molecular weight excluding hydrogens is 357 g/mol. The number of carbonyl (C=O) groups is 1. The molecule has 0 saturated carbocycles. The van der Waals surface area contributed by atoms with Crippen molar-refractivity contribution >= 4 is 46.4 Å². The van der Waals surface area contributed by atoms with Crippen molar-refractivity contribution in [1.29, 1.82) is 0 Å². The lowest BCUT2D eigenvalue weighted by Gasteiger charge is -2.03. The number of hydrogen-bond acceptors (Lipinski definition) is 2. The van der Waals surface area contributed by atoms with Crippen molar-refractivity contribution in [3.05, 3.63) is 81.6 Å². The lowest BCUT2D eigenvalue weighted by Crippen LogP contribution is -2.03. The number of nitrogens with zero attached hydrogens (tertiary/aromatic N) is 2. The van der Waals surface area contributed by atoms with Crippen LogP contribution in [0.2, 0.25) is 10.0 Å². The number of fused-ring (bicyclic) bond motifs is 1. The Balaban J connectivity index is 1.62. The molecule has 0 radical (unpaired) electrons. The number of carbonyl (C=O) groups excluding carboxylic acids is 1. The number of rotatable bonds is 3. The summed E-state index contributed by atoms with van der Waals surface area (Å²) in [6.45, 7) is 0.571. The maximum Gasteiger partial charge on any atom is 0.256 e. The molecule has 0 aliphatic carbocycles. The number of aromatic nitrogens is 2. The van der Waals surface area contributed by atoms with Gasteiger partial charge in [-0.2, -0.15) is 5.10 Å². The third-order valence-corrected chi connectivity index (χ3v) is 4.62. The summed E-state index contributed by atoms with van der Waals surface area (Å²) < 4.78 is 1.79. The van der Waals surface area contributed by atoms with Gasteiger partial charge in [-0.1, -0.05) is 47.5 Å². The van der Waals surface area contributed by atoms with Crippen molar-refractivity contribution in [3.8, 4) is 0 Å². The van der Waals surface area contributed by atoms with E-state index in [1.807, 2.05) is 42.6 Å². The van der Waals surface area contributed by atoms with Gasteiger partial charge in [0.15, 0.2) is 0 Å². The zero-order valence-corrected chi connectivity index (χ0v) is 14.6. The lowest BCUT2D eigenvalue weighted by molar-refractivity contribution is -0.110. The molecule has 3 aromatic rings. The Hall–Kier alpha value is -2.56. The van der Waals surface area contributed by atoms with E-state index in [2.05, 4.69) is 10.4 Å². The van der Waals surface area contributed by atoms with E-state index >= 15 is 0 Å². The Morgan fingerprint density at radius 1 is 1.16 bits per heavy atom. The third kappa shape index (κ3) is 3.18. The van der Waals surface area contributed by atoms with E-state index in [0.29, 0.717) is 22.2 Å². The normalized spacial score (nSPS) is 14.6. The molecule has 6 heteroatoms. The van der Waals surface area contributed by atoms with Gasteiger partial charge in [-0.05, 0) is 29.8 Å². The van der Waals surface area contributed by atoms with Crippen LogP contribution >= 0.6 is 23.2 Å². The largest absolute Gasteiger partial charge is 0.321 e. The van der Waals surface area contributed by atoms with Gasteiger partial charge in [-0.3, -0.25) is 9.48 Å². The van der Waals surface area contributed by atoms with E-state index in [9.17, 15) is 4.79 Å². The van der Waals surface area contributed by atoms with E-state index < -0.39 is 0 Å². The molecule has 4 rings (SSSR count). The van der Waals surface area contributed by atoms with Gasteiger partial charge < -0.3 is 5.32 Å². The second-order valence-corrected chi connectivity index (χ2v) is 6.61. The Kier molecular flexibility index (Phi) is 4.07. The first kappa shape index (κ1) is 15.9. The van der Waals surface area contributed by atoms with E-state index in [4.69, 9.17) is 23.2 Å². The Labute approximate surface area is 154 Å². The molecular formula is C19H13Cl2N3O. The number of anilines is 1. The molecule has 2 aromatic carbocycles. The van der Waals surface area contributed by atoms with Gasteiger partial charge >= 0.3 is 0 Å². The first-order chi connectivity index (χ1) is 12.1. The molecule has 124 valence electrons. The van der Waals surface area contributed by atoms with E-state index in [-0.39, 0.29) is 5.91 Å². The SMILES string of the molecule is O=C1Nc2cc(Cl)ccc2C1=Cc1cnn(Cc2ccccc2Cl)c1. The van der Waals surface area contributed by atoms with E-state index in [1.165, 1.54) is 0 Å². The molecule has 0 unspecified atom stereocenters. The maximum absolute atomic E-state index is 12.2.